The van der Waals surface area contributed by atoms with Gasteiger partial charge in [0.05, 0.1) is 6.61 Å². The predicted octanol–water partition coefficient (Wildman–Crippen LogP) is 4.25. The Morgan fingerprint density at radius 1 is 1.32 bits per heavy atom. The standard InChI is InChI=1S/C16H26N2O/c1-3-12-19-15-10-7-11-17-16(15)18-14-9-6-4-5-8-13(14)2/h7,10-11,13-14H,3-6,8-9,12H2,1-2H3,(H,17,18). The van der Waals surface area contributed by atoms with Crippen LogP contribution in [0.15, 0.2) is 18.3 Å². The van der Waals surface area contributed by atoms with Crippen molar-refractivity contribution in [1.29, 1.82) is 0 Å². The van der Waals surface area contributed by atoms with Crippen LogP contribution >= 0.6 is 0 Å². The Bertz CT molecular complexity index is 381. The van der Waals surface area contributed by atoms with E-state index in [0.29, 0.717) is 12.0 Å². The number of rotatable bonds is 5. The van der Waals surface area contributed by atoms with E-state index >= 15 is 0 Å². The smallest absolute Gasteiger partial charge is 0.168 e. The second kappa shape index (κ2) is 7.37. The Kier molecular flexibility index (Phi) is 5.49. The molecule has 0 spiro atoms. The van der Waals surface area contributed by atoms with Crippen molar-refractivity contribution in [3.63, 3.8) is 0 Å². The molecule has 1 aromatic heterocycles. The summed E-state index contributed by atoms with van der Waals surface area (Å²) in [7, 11) is 0. The van der Waals surface area contributed by atoms with Gasteiger partial charge in [-0.05, 0) is 37.3 Å². The van der Waals surface area contributed by atoms with Gasteiger partial charge in [0.15, 0.2) is 11.6 Å². The summed E-state index contributed by atoms with van der Waals surface area (Å²) < 4.78 is 5.77. The van der Waals surface area contributed by atoms with Crippen molar-refractivity contribution in [3.05, 3.63) is 18.3 Å². The molecule has 3 nitrogen and oxygen atoms in total. The van der Waals surface area contributed by atoms with Crippen molar-refractivity contribution in [2.45, 2.75) is 58.4 Å². The highest BCUT2D eigenvalue weighted by atomic mass is 16.5. The molecule has 2 unspecified atom stereocenters. The zero-order valence-electron chi connectivity index (χ0n) is 12.2. The van der Waals surface area contributed by atoms with Crippen LogP contribution in [0.5, 0.6) is 5.75 Å². The van der Waals surface area contributed by atoms with Crippen LogP contribution < -0.4 is 10.1 Å². The molecule has 1 N–H and O–H groups in total. The fourth-order valence-corrected chi connectivity index (χ4v) is 2.71. The van der Waals surface area contributed by atoms with Crippen molar-refractivity contribution in [3.8, 4) is 5.75 Å². The van der Waals surface area contributed by atoms with Gasteiger partial charge in [-0.3, -0.25) is 0 Å². The molecule has 0 bridgehead atoms. The number of nitrogens with one attached hydrogen (secondary N) is 1. The maximum absolute atomic E-state index is 5.77. The van der Waals surface area contributed by atoms with Gasteiger partial charge < -0.3 is 10.1 Å². The van der Waals surface area contributed by atoms with Gasteiger partial charge in [0.25, 0.3) is 0 Å². The fourth-order valence-electron chi connectivity index (χ4n) is 2.71. The van der Waals surface area contributed by atoms with Crippen LogP contribution in [-0.2, 0) is 0 Å². The third kappa shape index (κ3) is 4.12. The largest absolute Gasteiger partial charge is 0.490 e. The second-order valence-corrected chi connectivity index (χ2v) is 5.56. The molecular weight excluding hydrogens is 236 g/mol. The molecule has 0 aliphatic heterocycles. The SMILES string of the molecule is CCCOc1cccnc1NC1CCCCCC1C. The first kappa shape index (κ1) is 14.2. The van der Waals surface area contributed by atoms with Gasteiger partial charge in [-0.15, -0.1) is 0 Å². The van der Waals surface area contributed by atoms with Crippen LogP contribution in [0, 0.1) is 5.92 Å². The minimum Gasteiger partial charge on any atom is -0.490 e. The van der Waals surface area contributed by atoms with Gasteiger partial charge in [0.1, 0.15) is 0 Å². The van der Waals surface area contributed by atoms with Gasteiger partial charge in [-0.2, -0.15) is 0 Å². The molecule has 0 saturated heterocycles. The number of aromatic nitrogens is 1. The molecule has 0 amide bonds. The van der Waals surface area contributed by atoms with Crippen molar-refractivity contribution >= 4 is 5.82 Å². The van der Waals surface area contributed by atoms with E-state index in [4.69, 9.17) is 4.74 Å². The zero-order chi connectivity index (χ0) is 13.5. The third-order valence-corrected chi connectivity index (χ3v) is 3.92. The minimum absolute atomic E-state index is 0.529. The summed E-state index contributed by atoms with van der Waals surface area (Å²) in [6, 6.07) is 4.47. The van der Waals surface area contributed by atoms with Crippen molar-refractivity contribution < 1.29 is 4.74 Å². The quantitative estimate of drug-likeness (QED) is 0.805. The number of anilines is 1. The van der Waals surface area contributed by atoms with Gasteiger partial charge >= 0.3 is 0 Å². The van der Waals surface area contributed by atoms with E-state index in [2.05, 4.69) is 24.1 Å². The third-order valence-electron chi connectivity index (χ3n) is 3.92. The second-order valence-electron chi connectivity index (χ2n) is 5.56. The normalized spacial score (nSPS) is 23.7. The number of pyridine rings is 1. The molecule has 19 heavy (non-hydrogen) atoms. The molecule has 0 aromatic carbocycles. The summed E-state index contributed by atoms with van der Waals surface area (Å²) in [5.74, 6) is 2.51. The van der Waals surface area contributed by atoms with Crippen molar-refractivity contribution in [1.82, 2.24) is 4.98 Å². The maximum Gasteiger partial charge on any atom is 0.168 e. The Morgan fingerprint density at radius 2 is 2.16 bits per heavy atom. The number of nitrogens with zero attached hydrogens (tertiary/aromatic N) is 1. The van der Waals surface area contributed by atoms with Crippen molar-refractivity contribution in [2.24, 2.45) is 5.92 Å². The molecule has 2 rings (SSSR count). The summed E-state index contributed by atoms with van der Waals surface area (Å²) >= 11 is 0. The average molecular weight is 262 g/mol. The Labute approximate surface area is 116 Å². The molecule has 1 aliphatic carbocycles. The predicted molar refractivity (Wildman–Crippen MR) is 79.7 cm³/mol. The zero-order valence-corrected chi connectivity index (χ0v) is 12.2. The van der Waals surface area contributed by atoms with E-state index in [9.17, 15) is 0 Å². The molecule has 1 aromatic rings. The molecule has 1 saturated carbocycles. The molecular formula is C16H26N2O. The first-order valence-electron chi connectivity index (χ1n) is 7.65. The fraction of sp³-hybridized carbons (Fsp3) is 0.688. The van der Waals surface area contributed by atoms with Gasteiger partial charge in [0.2, 0.25) is 0 Å². The minimum atomic E-state index is 0.529. The first-order valence-corrected chi connectivity index (χ1v) is 7.65. The maximum atomic E-state index is 5.77. The van der Waals surface area contributed by atoms with E-state index < -0.39 is 0 Å². The lowest BCUT2D eigenvalue weighted by molar-refractivity contribution is 0.317. The monoisotopic (exact) mass is 262 g/mol. The number of hydrogen-bond acceptors (Lipinski definition) is 3. The summed E-state index contributed by atoms with van der Waals surface area (Å²) in [4.78, 5) is 4.45. The van der Waals surface area contributed by atoms with Crippen LogP contribution in [-0.4, -0.2) is 17.6 Å². The summed E-state index contributed by atoms with van der Waals surface area (Å²) in [6.07, 6.45) is 9.46. The Morgan fingerprint density at radius 3 is 3.00 bits per heavy atom. The topological polar surface area (TPSA) is 34.1 Å². The van der Waals surface area contributed by atoms with Crippen LogP contribution in [0.25, 0.3) is 0 Å². The summed E-state index contributed by atoms with van der Waals surface area (Å²) in [5, 5.41) is 3.61. The van der Waals surface area contributed by atoms with E-state index in [-0.39, 0.29) is 0 Å². The van der Waals surface area contributed by atoms with E-state index in [0.717, 1.165) is 24.6 Å². The average Bonchev–Trinajstić information content (AvgIpc) is 2.63. The van der Waals surface area contributed by atoms with Gasteiger partial charge in [-0.25, -0.2) is 4.98 Å². The lowest BCUT2D eigenvalue weighted by Crippen LogP contribution is -2.27. The van der Waals surface area contributed by atoms with Crippen LogP contribution in [0.4, 0.5) is 5.82 Å². The molecule has 0 radical (unpaired) electrons. The number of ether oxygens (including phenoxy) is 1. The molecule has 3 heteroatoms. The number of hydrogen-bond donors (Lipinski definition) is 1. The highest BCUT2D eigenvalue weighted by Crippen LogP contribution is 2.28. The Hall–Kier alpha value is -1.25. The summed E-state index contributed by atoms with van der Waals surface area (Å²) in [6.45, 7) is 5.22. The van der Waals surface area contributed by atoms with E-state index in [1.807, 2.05) is 18.3 Å². The van der Waals surface area contributed by atoms with Crippen LogP contribution in [0.2, 0.25) is 0 Å². The lowest BCUT2D eigenvalue weighted by atomic mass is 9.97. The van der Waals surface area contributed by atoms with Gasteiger partial charge in [0, 0.05) is 12.2 Å². The molecule has 1 heterocycles. The molecule has 2 atom stereocenters. The van der Waals surface area contributed by atoms with Crippen LogP contribution in [0.1, 0.15) is 52.4 Å². The lowest BCUT2D eigenvalue weighted by Gasteiger charge is -2.24. The highest BCUT2D eigenvalue weighted by molar-refractivity contribution is 5.50. The first-order chi connectivity index (χ1) is 9.31. The van der Waals surface area contributed by atoms with Crippen LogP contribution in [0.3, 0.4) is 0 Å². The summed E-state index contributed by atoms with van der Waals surface area (Å²) in [5.41, 5.74) is 0. The van der Waals surface area contributed by atoms with Crippen molar-refractivity contribution in [2.75, 3.05) is 11.9 Å². The Balaban J connectivity index is 2.04. The van der Waals surface area contributed by atoms with E-state index in [1.165, 1.54) is 32.1 Å². The molecule has 1 aliphatic rings. The highest BCUT2D eigenvalue weighted by Gasteiger charge is 2.21. The van der Waals surface area contributed by atoms with E-state index in [1.54, 1.807) is 0 Å². The molecule has 106 valence electrons. The van der Waals surface area contributed by atoms with Gasteiger partial charge in [-0.1, -0.05) is 33.1 Å². The molecule has 1 fully saturated rings.